The topological polar surface area (TPSA) is 86.8 Å². The number of hydrogen-bond acceptors (Lipinski definition) is 5. The number of thioether (sulfide) groups is 1. The first-order valence-corrected chi connectivity index (χ1v) is 12.7. The summed E-state index contributed by atoms with van der Waals surface area (Å²) < 4.78 is 66.6. The first-order valence-electron chi connectivity index (χ1n) is 11.9. The molecule has 0 unspecified atom stereocenters. The Labute approximate surface area is 224 Å². The second kappa shape index (κ2) is 11.6. The van der Waals surface area contributed by atoms with Gasteiger partial charge in [0.15, 0.2) is 0 Å². The summed E-state index contributed by atoms with van der Waals surface area (Å²) >= 11 is 0.666. The molecule has 206 valence electrons. The standard InChI is InChI=1S/C26H22F5N3O4S/c27-17-3-1-15(2-4-17)7-10-32-21(35)14-34-24(37)22(39-25(34)38)16-8-11-33(12-9-16)23(36)19-13-18(28)5-6-20(19)26(29,30)31/h1-6,13H,7-12,14H2,(H,32,35). The number of nitrogens with one attached hydrogen (secondary N) is 1. The lowest BCUT2D eigenvalue weighted by molar-refractivity contribution is -0.138. The molecule has 7 nitrogen and oxygen atoms in total. The Morgan fingerprint density at radius 2 is 1.59 bits per heavy atom. The summed E-state index contributed by atoms with van der Waals surface area (Å²) in [5.41, 5.74) is -0.685. The van der Waals surface area contributed by atoms with E-state index in [-0.39, 0.29) is 43.2 Å². The fraction of sp³-hybridized carbons (Fsp3) is 0.308. The molecule has 13 heteroatoms. The number of halogens is 5. The van der Waals surface area contributed by atoms with Crippen molar-refractivity contribution in [1.29, 1.82) is 0 Å². The van der Waals surface area contributed by atoms with Crippen molar-refractivity contribution in [2.24, 2.45) is 0 Å². The van der Waals surface area contributed by atoms with Gasteiger partial charge in [0.2, 0.25) is 5.91 Å². The van der Waals surface area contributed by atoms with Crippen LogP contribution in [0.1, 0.15) is 34.3 Å². The van der Waals surface area contributed by atoms with Crippen molar-refractivity contribution in [2.45, 2.75) is 25.4 Å². The van der Waals surface area contributed by atoms with Gasteiger partial charge in [-0.15, -0.1) is 0 Å². The highest BCUT2D eigenvalue weighted by molar-refractivity contribution is 8.18. The maximum atomic E-state index is 13.6. The Bertz CT molecular complexity index is 1330. The molecule has 2 saturated heterocycles. The predicted octanol–water partition coefficient (Wildman–Crippen LogP) is 4.53. The van der Waals surface area contributed by atoms with Crippen molar-refractivity contribution < 1.29 is 41.1 Å². The molecular weight excluding hydrogens is 545 g/mol. The molecular formula is C26H22F5N3O4S. The number of carbonyl (C=O) groups excluding carboxylic acids is 4. The molecule has 2 aromatic rings. The van der Waals surface area contributed by atoms with E-state index in [0.717, 1.165) is 15.4 Å². The van der Waals surface area contributed by atoms with Gasteiger partial charge in [0.05, 0.1) is 16.0 Å². The molecule has 0 saturated carbocycles. The Hall–Kier alpha value is -3.74. The minimum atomic E-state index is -4.84. The first kappa shape index (κ1) is 28.3. The summed E-state index contributed by atoms with van der Waals surface area (Å²) in [5.74, 6) is -3.54. The van der Waals surface area contributed by atoms with Crippen LogP contribution in [0.4, 0.5) is 26.7 Å². The molecule has 4 amide bonds. The first-order chi connectivity index (χ1) is 18.4. The SMILES string of the molecule is O=C(CN1C(=O)SC(=C2CCN(C(=O)c3cc(F)ccc3C(F)(F)F)CC2)C1=O)NCCc1ccc(F)cc1. The fourth-order valence-electron chi connectivity index (χ4n) is 4.27. The lowest BCUT2D eigenvalue weighted by Gasteiger charge is -2.30. The van der Waals surface area contributed by atoms with E-state index < -0.39 is 52.6 Å². The van der Waals surface area contributed by atoms with Gasteiger partial charge in [0.1, 0.15) is 18.2 Å². The van der Waals surface area contributed by atoms with E-state index in [2.05, 4.69) is 5.32 Å². The Balaban J connectivity index is 1.34. The van der Waals surface area contributed by atoms with Crippen LogP contribution in [0.3, 0.4) is 0 Å². The maximum absolute atomic E-state index is 13.6. The number of carbonyl (C=O) groups is 4. The number of imide groups is 1. The summed E-state index contributed by atoms with van der Waals surface area (Å²) in [7, 11) is 0. The molecule has 2 fully saturated rings. The monoisotopic (exact) mass is 567 g/mol. The van der Waals surface area contributed by atoms with Gasteiger partial charge in [-0.3, -0.25) is 24.1 Å². The molecule has 2 heterocycles. The van der Waals surface area contributed by atoms with Crippen molar-refractivity contribution in [3.63, 3.8) is 0 Å². The normalized spacial score (nSPS) is 16.2. The molecule has 0 spiro atoms. The van der Waals surface area contributed by atoms with Crippen LogP contribution in [0.25, 0.3) is 0 Å². The number of piperidine rings is 1. The summed E-state index contributed by atoms with van der Waals surface area (Å²) in [6.07, 6.45) is -4.16. The summed E-state index contributed by atoms with van der Waals surface area (Å²) in [6.45, 7) is -0.336. The molecule has 0 aromatic heterocycles. The third-order valence-electron chi connectivity index (χ3n) is 6.29. The van der Waals surface area contributed by atoms with E-state index in [1.165, 1.54) is 12.1 Å². The minimum Gasteiger partial charge on any atom is -0.354 e. The van der Waals surface area contributed by atoms with Gasteiger partial charge in [-0.1, -0.05) is 12.1 Å². The molecule has 1 N–H and O–H groups in total. The molecule has 0 atom stereocenters. The van der Waals surface area contributed by atoms with Gasteiger partial charge in [-0.2, -0.15) is 13.2 Å². The molecule has 4 rings (SSSR count). The number of nitrogens with zero attached hydrogens (tertiary/aromatic N) is 2. The summed E-state index contributed by atoms with van der Waals surface area (Å²) in [6, 6.07) is 7.46. The number of alkyl halides is 3. The number of benzene rings is 2. The highest BCUT2D eigenvalue weighted by Crippen LogP contribution is 2.37. The fourth-order valence-corrected chi connectivity index (χ4v) is 5.24. The number of hydrogen-bond donors (Lipinski definition) is 1. The highest BCUT2D eigenvalue weighted by Gasteiger charge is 2.40. The van der Waals surface area contributed by atoms with Crippen LogP contribution in [-0.4, -0.2) is 58.9 Å². The van der Waals surface area contributed by atoms with Crippen molar-refractivity contribution in [3.05, 3.63) is 81.3 Å². The van der Waals surface area contributed by atoms with E-state index in [9.17, 15) is 41.1 Å². The van der Waals surface area contributed by atoms with Gasteiger partial charge < -0.3 is 10.2 Å². The van der Waals surface area contributed by atoms with Gasteiger partial charge in [-0.05, 0) is 72.5 Å². The lowest BCUT2D eigenvalue weighted by Crippen LogP contribution is -2.40. The van der Waals surface area contributed by atoms with Gasteiger partial charge in [0.25, 0.3) is 17.1 Å². The summed E-state index contributed by atoms with van der Waals surface area (Å²) in [4.78, 5) is 52.5. The number of rotatable bonds is 6. The van der Waals surface area contributed by atoms with Gasteiger partial charge in [0, 0.05) is 19.6 Å². The van der Waals surface area contributed by atoms with Crippen LogP contribution >= 0.6 is 11.8 Å². The number of likely N-dealkylation sites (tertiary alicyclic amines) is 1. The van der Waals surface area contributed by atoms with Crippen LogP contribution in [0.5, 0.6) is 0 Å². The zero-order valence-electron chi connectivity index (χ0n) is 20.3. The van der Waals surface area contributed by atoms with E-state index in [1.54, 1.807) is 12.1 Å². The van der Waals surface area contributed by atoms with Crippen molar-refractivity contribution >= 4 is 34.7 Å². The van der Waals surface area contributed by atoms with E-state index in [0.29, 0.717) is 42.0 Å². The second-order valence-corrected chi connectivity index (χ2v) is 9.86. The van der Waals surface area contributed by atoms with Gasteiger partial charge in [-0.25, -0.2) is 8.78 Å². The average Bonchev–Trinajstić information content (AvgIpc) is 3.17. The molecule has 2 aliphatic heterocycles. The zero-order valence-corrected chi connectivity index (χ0v) is 21.1. The minimum absolute atomic E-state index is 0.0304. The molecule has 39 heavy (non-hydrogen) atoms. The van der Waals surface area contributed by atoms with E-state index in [1.807, 2.05) is 0 Å². The second-order valence-electron chi connectivity index (χ2n) is 8.90. The molecule has 0 bridgehead atoms. The Morgan fingerprint density at radius 3 is 2.23 bits per heavy atom. The summed E-state index contributed by atoms with van der Waals surface area (Å²) in [5, 5.41) is 1.97. The third kappa shape index (κ3) is 6.64. The van der Waals surface area contributed by atoms with Crippen LogP contribution in [0.2, 0.25) is 0 Å². The Kier molecular flexibility index (Phi) is 8.38. The van der Waals surface area contributed by atoms with Crippen LogP contribution in [0.15, 0.2) is 52.9 Å². The largest absolute Gasteiger partial charge is 0.417 e. The maximum Gasteiger partial charge on any atom is 0.417 e. The predicted molar refractivity (Wildman–Crippen MR) is 131 cm³/mol. The average molecular weight is 568 g/mol. The van der Waals surface area contributed by atoms with E-state index >= 15 is 0 Å². The number of amides is 4. The molecule has 0 aliphatic carbocycles. The smallest absolute Gasteiger partial charge is 0.354 e. The van der Waals surface area contributed by atoms with Gasteiger partial charge >= 0.3 is 6.18 Å². The third-order valence-corrected chi connectivity index (χ3v) is 7.36. The van der Waals surface area contributed by atoms with Crippen LogP contribution in [0, 0.1) is 11.6 Å². The zero-order chi connectivity index (χ0) is 28.3. The van der Waals surface area contributed by atoms with Crippen molar-refractivity contribution in [1.82, 2.24) is 15.1 Å². The van der Waals surface area contributed by atoms with Crippen molar-refractivity contribution in [3.8, 4) is 0 Å². The lowest BCUT2D eigenvalue weighted by atomic mass is 10.00. The highest BCUT2D eigenvalue weighted by atomic mass is 32.2. The Morgan fingerprint density at radius 1 is 0.949 bits per heavy atom. The van der Waals surface area contributed by atoms with Crippen molar-refractivity contribution in [2.75, 3.05) is 26.2 Å². The van der Waals surface area contributed by atoms with Crippen LogP contribution < -0.4 is 5.32 Å². The quantitative estimate of drug-likeness (QED) is 0.410. The molecule has 2 aromatic carbocycles. The molecule has 2 aliphatic rings. The van der Waals surface area contributed by atoms with Crippen LogP contribution in [-0.2, 0) is 22.2 Å². The molecule has 0 radical (unpaired) electrons. The van der Waals surface area contributed by atoms with E-state index in [4.69, 9.17) is 0 Å².